The summed E-state index contributed by atoms with van der Waals surface area (Å²) < 4.78 is 0. The lowest BCUT2D eigenvalue weighted by atomic mass is 10.1. The van der Waals surface area contributed by atoms with Crippen molar-refractivity contribution in [2.45, 2.75) is 58.5 Å². The highest BCUT2D eigenvalue weighted by Crippen LogP contribution is 2.16. The molecule has 1 aliphatic heterocycles. The van der Waals surface area contributed by atoms with Crippen molar-refractivity contribution in [3.63, 3.8) is 0 Å². The monoisotopic (exact) mass is 283 g/mol. The molecular formula is C16H33N3O. The lowest BCUT2D eigenvalue weighted by molar-refractivity contribution is -0.136. The first kappa shape index (κ1) is 17.4. The smallest absolute Gasteiger partial charge is 0.220 e. The van der Waals surface area contributed by atoms with Crippen LogP contribution in [0.2, 0.25) is 0 Å². The largest absolute Gasteiger partial charge is 0.335 e. The summed E-state index contributed by atoms with van der Waals surface area (Å²) >= 11 is 0. The van der Waals surface area contributed by atoms with Crippen LogP contribution in [0.4, 0.5) is 0 Å². The maximum Gasteiger partial charge on any atom is 0.220 e. The Balaban J connectivity index is 2.18. The summed E-state index contributed by atoms with van der Waals surface area (Å²) in [5.41, 5.74) is 0. The highest BCUT2D eigenvalue weighted by atomic mass is 16.2. The summed E-state index contributed by atoms with van der Waals surface area (Å²) in [6.07, 6.45) is 5.24. The number of hydrogen-bond donors (Lipinski definition) is 0. The van der Waals surface area contributed by atoms with Crippen molar-refractivity contribution >= 4 is 5.91 Å². The molecule has 0 N–H and O–H groups in total. The number of piperazine rings is 1. The van der Waals surface area contributed by atoms with Gasteiger partial charge in [0.15, 0.2) is 0 Å². The van der Waals surface area contributed by atoms with E-state index in [4.69, 9.17) is 0 Å². The van der Waals surface area contributed by atoms with Gasteiger partial charge in [-0.15, -0.1) is 0 Å². The van der Waals surface area contributed by atoms with E-state index in [9.17, 15) is 4.79 Å². The molecule has 1 heterocycles. The number of nitrogens with zero attached hydrogens (tertiary/aromatic N) is 3. The molecule has 1 aliphatic rings. The fourth-order valence-electron chi connectivity index (χ4n) is 3.35. The Bertz CT molecular complexity index is 281. The van der Waals surface area contributed by atoms with E-state index >= 15 is 0 Å². The standard InChI is InChI=1S/C16H33N3O/c1-14-12-18(13-15(2)19(14)16(3)20)11-9-7-6-8-10-17(4)5/h14-15H,6-13H2,1-5H3. The molecule has 118 valence electrons. The molecule has 0 bridgehead atoms. The SMILES string of the molecule is CC(=O)N1C(C)CN(CCCCCCN(C)C)CC1C. The van der Waals surface area contributed by atoms with Crippen LogP contribution in [0.5, 0.6) is 0 Å². The molecule has 0 aliphatic carbocycles. The van der Waals surface area contributed by atoms with Crippen molar-refractivity contribution in [1.82, 2.24) is 14.7 Å². The molecule has 0 spiro atoms. The van der Waals surface area contributed by atoms with Crippen LogP contribution < -0.4 is 0 Å². The quantitative estimate of drug-likeness (QED) is 0.669. The molecule has 4 nitrogen and oxygen atoms in total. The maximum absolute atomic E-state index is 11.6. The Morgan fingerprint density at radius 3 is 2.10 bits per heavy atom. The molecule has 20 heavy (non-hydrogen) atoms. The second kappa shape index (κ2) is 8.63. The van der Waals surface area contributed by atoms with Crippen molar-refractivity contribution in [2.75, 3.05) is 40.3 Å². The molecule has 0 radical (unpaired) electrons. The van der Waals surface area contributed by atoms with Crippen LogP contribution in [0.3, 0.4) is 0 Å². The number of amides is 1. The third kappa shape index (κ3) is 5.80. The second-order valence-corrected chi connectivity index (χ2v) is 6.60. The average molecular weight is 283 g/mol. The van der Waals surface area contributed by atoms with Gasteiger partial charge in [0.1, 0.15) is 0 Å². The Morgan fingerprint density at radius 1 is 1.05 bits per heavy atom. The van der Waals surface area contributed by atoms with Crippen LogP contribution >= 0.6 is 0 Å². The van der Waals surface area contributed by atoms with Crippen LogP contribution in [-0.4, -0.2) is 73.0 Å². The zero-order valence-electron chi connectivity index (χ0n) is 14.1. The van der Waals surface area contributed by atoms with E-state index in [2.05, 4.69) is 37.7 Å². The van der Waals surface area contributed by atoms with Gasteiger partial charge in [0.25, 0.3) is 0 Å². The van der Waals surface area contributed by atoms with Gasteiger partial charge in [-0.3, -0.25) is 9.69 Å². The Labute approximate surface area is 125 Å². The number of hydrogen-bond acceptors (Lipinski definition) is 3. The summed E-state index contributed by atoms with van der Waals surface area (Å²) in [4.78, 5) is 18.4. The Hall–Kier alpha value is -0.610. The van der Waals surface area contributed by atoms with E-state index < -0.39 is 0 Å². The summed E-state index contributed by atoms with van der Waals surface area (Å²) in [7, 11) is 4.27. The minimum atomic E-state index is 0.216. The van der Waals surface area contributed by atoms with E-state index in [1.807, 2.05) is 4.90 Å². The van der Waals surface area contributed by atoms with Crippen LogP contribution in [0, 0.1) is 0 Å². The van der Waals surface area contributed by atoms with E-state index in [1.165, 1.54) is 38.8 Å². The number of unbranched alkanes of at least 4 members (excludes halogenated alkanes) is 3. The topological polar surface area (TPSA) is 26.8 Å². The van der Waals surface area contributed by atoms with Gasteiger partial charge in [-0.25, -0.2) is 0 Å². The Morgan fingerprint density at radius 2 is 1.60 bits per heavy atom. The minimum Gasteiger partial charge on any atom is -0.335 e. The highest BCUT2D eigenvalue weighted by molar-refractivity contribution is 5.74. The van der Waals surface area contributed by atoms with Gasteiger partial charge >= 0.3 is 0 Å². The molecule has 1 saturated heterocycles. The van der Waals surface area contributed by atoms with E-state index in [1.54, 1.807) is 6.92 Å². The van der Waals surface area contributed by atoms with Crippen LogP contribution in [0.25, 0.3) is 0 Å². The molecule has 4 heteroatoms. The van der Waals surface area contributed by atoms with Crippen LogP contribution in [0.15, 0.2) is 0 Å². The minimum absolute atomic E-state index is 0.216. The molecule has 0 aromatic rings. The molecule has 1 amide bonds. The molecule has 2 unspecified atom stereocenters. The Kier molecular flexibility index (Phi) is 7.52. The lowest BCUT2D eigenvalue weighted by Gasteiger charge is -2.44. The van der Waals surface area contributed by atoms with Gasteiger partial charge < -0.3 is 9.80 Å². The summed E-state index contributed by atoms with van der Waals surface area (Å²) in [6.45, 7) is 10.5. The van der Waals surface area contributed by atoms with Gasteiger partial charge in [0, 0.05) is 32.1 Å². The first-order valence-corrected chi connectivity index (χ1v) is 8.07. The van der Waals surface area contributed by atoms with E-state index in [-0.39, 0.29) is 5.91 Å². The zero-order chi connectivity index (χ0) is 15.1. The molecule has 2 atom stereocenters. The predicted molar refractivity (Wildman–Crippen MR) is 84.9 cm³/mol. The highest BCUT2D eigenvalue weighted by Gasteiger charge is 2.30. The van der Waals surface area contributed by atoms with E-state index in [0.29, 0.717) is 12.1 Å². The first-order valence-electron chi connectivity index (χ1n) is 8.07. The average Bonchev–Trinajstić information content (AvgIpc) is 2.31. The lowest BCUT2D eigenvalue weighted by Crippen LogP contribution is -2.58. The second-order valence-electron chi connectivity index (χ2n) is 6.60. The van der Waals surface area contributed by atoms with Gasteiger partial charge in [-0.2, -0.15) is 0 Å². The first-order chi connectivity index (χ1) is 9.41. The van der Waals surface area contributed by atoms with Crippen molar-refractivity contribution < 1.29 is 4.79 Å². The number of carbonyl (C=O) groups excluding carboxylic acids is 1. The fourth-order valence-corrected chi connectivity index (χ4v) is 3.35. The van der Waals surface area contributed by atoms with E-state index in [0.717, 1.165) is 13.1 Å². The third-order valence-corrected chi connectivity index (χ3v) is 4.19. The van der Waals surface area contributed by atoms with Crippen molar-refractivity contribution in [3.8, 4) is 0 Å². The molecule has 1 fully saturated rings. The van der Waals surface area contributed by atoms with Crippen LogP contribution in [-0.2, 0) is 4.79 Å². The van der Waals surface area contributed by atoms with Crippen molar-refractivity contribution in [3.05, 3.63) is 0 Å². The summed E-state index contributed by atoms with van der Waals surface area (Å²) in [6, 6.07) is 0.704. The third-order valence-electron chi connectivity index (χ3n) is 4.19. The molecule has 0 saturated carbocycles. The van der Waals surface area contributed by atoms with Gasteiger partial charge in [0.2, 0.25) is 5.91 Å². The maximum atomic E-state index is 11.6. The van der Waals surface area contributed by atoms with Crippen molar-refractivity contribution in [2.24, 2.45) is 0 Å². The van der Waals surface area contributed by atoms with Gasteiger partial charge in [-0.1, -0.05) is 12.8 Å². The summed E-state index contributed by atoms with van der Waals surface area (Å²) in [5.74, 6) is 0.216. The number of carbonyl (C=O) groups is 1. The molecular weight excluding hydrogens is 250 g/mol. The summed E-state index contributed by atoms with van der Waals surface area (Å²) in [5, 5.41) is 0. The molecule has 1 rings (SSSR count). The zero-order valence-corrected chi connectivity index (χ0v) is 14.1. The van der Waals surface area contributed by atoms with Crippen molar-refractivity contribution in [1.29, 1.82) is 0 Å². The van der Waals surface area contributed by atoms with Gasteiger partial charge in [-0.05, 0) is 53.9 Å². The fraction of sp³-hybridized carbons (Fsp3) is 0.938. The predicted octanol–water partition coefficient (Wildman–Crippen LogP) is 2.05. The molecule has 0 aromatic heterocycles. The molecule has 0 aromatic carbocycles. The van der Waals surface area contributed by atoms with Crippen LogP contribution in [0.1, 0.15) is 46.5 Å². The number of rotatable bonds is 7. The van der Waals surface area contributed by atoms with Gasteiger partial charge in [0.05, 0.1) is 0 Å². The normalized spacial score (nSPS) is 24.4.